The van der Waals surface area contributed by atoms with Gasteiger partial charge < -0.3 is 10.4 Å². The van der Waals surface area contributed by atoms with E-state index in [0.717, 1.165) is 61.9 Å². The predicted octanol–water partition coefficient (Wildman–Crippen LogP) is 6.04. The van der Waals surface area contributed by atoms with Gasteiger partial charge in [0.25, 0.3) is 5.91 Å². The van der Waals surface area contributed by atoms with Crippen molar-refractivity contribution in [1.82, 2.24) is 4.98 Å². The second-order valence-electron chi connectivity index (χ2n) is 9.42. The zero-order valence-electron chi connectivity index (χ0n) is 18.9. The molecule has 1 aromatic carbocycles. The van der Waals surface area contributed by atoms with Crippen LogP contribution >= 0.6 is 0 Å². The summed E-state index contributed by atoms with van der Waals surface area (Å²) in [6.07, 6.45) is 12.8. The number of carbonyl (C=O) groups is 1. The maximum Gasteiger partial charge on any atom is 0.255 e. The monoisotopic (exact) mass is 418 g/mol. The Morgan fingerprint density at radius 3 is 2.84 bits per heavy atom. The van der Waals surface area contributed by atoms with Crippen molar-refractivity contribution in [2.75, 3.05) is 5.32 Å². The molecule has 2 aliphatic carbocycles. The summed E-state index contributed by atoms with van der Waals surface area (Å²) in [6.45, 7) is 6.32. The maximum absolute atomic E-state index is 12.9. The Hall–Kier alpha value is -2.46. The number of aromatic nitrogens is 1. The topological polar surface area (TPSA) is 62.2 Å². The van der Waals surface area contributed by atoms with E-state index in [-0.39, 0.29) is 11.3 Å². The molecule has 2 aliphatic rings. The summed E-state index contributed by atoms with van der Waals surface area (Å²) in [5, 5.41) is 14.2. The smallest absolute Gasteiger partial charge is 0.255 e. The number of aryl methyl sites for hydroxylation is 1. The van der Waals surface area contributed by atoms with E-state index >= 15 is 0 Å². The number of carbonyl (C=O) groups excluding carboxylic acids is 1. The number of hydrogen-bond acceptors (Lipinski definition) is 3. The van der Waals surface area contributed by atoms with Crippen molar-refractivity contribution in [3.8, 4) is 0 Å². The van der Waals surface area contributed by atoms with Crippen molar-refractivity contribution >= 4 is 17.7 Å². The van der Waals surface area contributed by atoms with Crippen LogP contribution in [0.4, 0.5) is 5.69 Å². The fourth-order valence-corrected chi connectivity index (χ4v) is 5.89. The van der Waals surface area contributed by atoms with Crippen molar-refractivity contribution in [2.45, 2.75) is 76.7 Å². The molecule has 0 spiro atoms. The van der Waals surface area contributed by atoms with Crippen molar-refractivity contribution in [3.63, 3.8) is 0 Å². The molecule has 31 heavy (non-hydrogen) atoms. The summed E-state index contributed by atoms with van der Waals surface area (Å²) in [7, 11) is 0. The van der Waals surface area contributed by atoms with E-state index in [4.69, 9.17) is 0 Å². The Balaban J connectivity index is 1.65. The molecule has 3 atom stereocenters. The number of rotatable bonds is 5. The molecule has 164 valence electrons. The van der Waals surface area contributed by atoms with E-state index < -0.39 is 5.60 Å². The lowest BCUT2D eigenvalue weighted by molar-refractivity contribution is -0.0520. The van der Waals surface area contributed by atoms with E-state index in [1.54, 1.807) is 6.20 Å². The number of pyridine rings is 1. The minimum atomic E-state index is -0.530. The molecule has 1 aromatic heterocycles. The average molecular weight is 419 g/mol. The molecule has 1 amide bonds. The van der Waals surface area contributed by atoms with Crippen molar-refractivity contribution in [1.29, 1.82) is 0 Å². The van der Waals surface area contributed by atoms with Gasteiger partial charge in [0.15, 0.2) is 0 Å². The van der Waals surface area contributed by atoms with Crippen LogP contribution in [0.2, 0.25) is 0 Å². The van der Waals surface area contributed by atoms with Crippen molar-refractivity contribution in [2.24, 2.45) is 5.92 Å². The molecule has 2 aromatic rings. The van der Waals surface area contributed by atoms with Gasteiger partial charge in [-0.15, -0.1) is 0 Å². The lowest BCUT2D eigenvalue weighted by Gasteiger charge is -2.50. The van der Waals surface area contributed by atoms with Gasteiger partial charge in [-0.25, -0.2) is 0 Å². The van der Waals surface area contributed by atoms with Crippen LogP contribution in [-0.4, -0.2) is 21.6 Å². The molecule has 4 nitrogen and oxygen atoms in total. The van der Waals surface area contributed by atoms with E-state index in [1.165, 1.54) is 5.56 Å². The minimum Gasteiger partial charge on any atom is -0.390 e. The Labute approximate surface area is 185 Å². The maximum atomic E-state index is 12.9. The van der Waals surface area contributed by atoms with Gasteiger partial charge in [-0.2, -0.15) is 0 Å². The van der Waals surface area contributed by atoms with Gasteiger partial charge in [0.05, 0.1) is 17.0 Å². The molecule has 4 rings (SSSR count). The largest absolute Gasteiger partial charge is 0.390 e. The molecule has 1 heterocycles. The first-order chi connectivity index (χ1) is 14.9. The van der Waals surface area contributed by atoms with E-state index in [1.807, 2.05) is 31.2 Å². The highest BCUT2D eigenvalue weighted by molar-refractivity contribution is 6.05. The lowest BCUT2D eigenvalue weighted by atomic mass is 9.56. The standard InChI is InChI=1S/C27H34N2O2/c1-4-13-26(31)14-15-27(5-2)22(18-26)9-6-8-20-17-21(11-12-23(20)27)25(30)29-24-10-7-16-28-19(24)3/h6-8,10-12,16-17,22,31H,4-5,9,13-15,18H2,1-3H3,(H,29,30)/t22-,26+,27+/m1/s1. The van der Waals surface area contributed by atoms with Gasteiger partial charge in [0.1, 0.15) is 0 Å². The number of nitrogens with zero attached hydrogens (tertiary/aromatic N) is 1. The molecule has 0 radical (unpaired) electrons. The Morgan fingerprint density at radius 1 is 1.26 bits per heavy atom. The Bertz CT molecular complexity index is 998. The molecule has 0 unspecified atom stereocenters. The van der Waals surface area contributed by atoms with Crippen LogP contribution in [0, 0.1) is 12.8 Å². The second kappa shape index (κ2) is 8.58. The second-order valence-corrected chi connectivity index (χ2v) is 9.42. The fourth-order valence-electron chi connectivity index (χ4n) is 5.89. The van der Waals surface area contributed by atoms with E-state index in [0.29, 0.717) is 11.5 Å². The van der Waals surface area contributed by atoms with Crippen LogP contribution in [-0.2, 0) is 5.41 Å². The number of aliphatic hydroxyl groups is 1. The first kappa shape index (κ1) is 21.8. The van der Waals surface area contributed by atoms with Crippen LogP contribution in [0.3, 0.4) is 0 Å². The zero-order chi connectivity index (χ0) is 22.1. The van der Waals surface area contributed by atoms with Gasteiger partial charge >= 0.3 is 0 Å². The number of benzene rings is 1. The third-order valence-electron chi connectivity index (χ3n) is 7.61. The van der Waals surface area contributed by atoms with E-state index in [2.05, 4.69) is 42.4 Å². The van der Waals surface area contributed by atoms with Crippen molar-refractivity contribution in [3.05, 3.63) is 65.0 Å². The van der Waals surface area contributed by atoms with Crippen LogP contribution in [0.5, 0.6) is 0 Å². The van der Waals surface area contributed by atoms with Crippen LogP contribution in [0.15, 0.2) is 42.6 Å². The summed E-state index contributed by atoms with van der Waals surface area (Å²) in [6, 6.07) is 9.85. The average Bonchev–Trinajstić information content (AvgIpc) is 2.91. The summed E-state index contributed by atoms with van der Waals surface area (Å²) in [4.78, 5) is 17.2. The van der Waals surface area contributed by atoms with Gasteiger partial charge in [-0.3, -0.25) is 9.78 Å². The molecule has 0 aliphatic heterocycles. The number of anilines is 1. The third-order valence-corrected chi connectivity index (χ3v) is 7.61. The summed E-state index contributed by atoms with van der Waals surface area (Å²) >= 11 is 0. The van der Waals surface area contributed by atoms with Gasteiger partial charge in [0, 0.05) is 11.8 Å². The molecular formula is C27H34N2O2. The highest BCUT2D eigenvalue weighted by Crippen LogP contribution is 2.53. The number of allylic oxidation sites excluding steroid dienone is 1. The molecule has 4 heteroatoms. The van der Waals surface area contributed by atoms with Gasteiger partial charge in [-0.1, -0.05) is 38.5 Å². The van der Waals surface area contributed by atoms with Crippen molar-refractivity contribution < 1.29 is 9.90 Å². The fraction of sp³-hybridized carbons (Fsp3) is 0.481. The highest BCUT2D eigenvalue weighted by atomic mass is 16.3. The van der Waals surface area contributed by atoms with Gasteiger partial charge in [-0.05, 0) is 92.2 Å². The Kier molecular flexibility index (Phi) is 6.02. The molecule has 0 saturated heterocycles. The lowest BCUT2D eigenvalue weighted by Crippen LogP contribution is -2.47. The quantitative estimate of drug-likeness (QED) is 0.622. The molecule has 2 N–H and O–H groups in total. The molecule has 0 bridgehead atoms. The SMILES string of the molecule is CCC[C@]1(O)CC[C@]2(CC)c3ccc(C(=O)Nc4cccnc4C)cc3C=CC[C@@H]2C1. The zero-order valence-corrected chi connectivity index (χ0v) is 18.9. The predicted molar refractivity (Wildman–Crippen MR) is 126 cm³/mol. The van der Waals surface area contributed by atoms with Crippen LogP contribution in [0.1, 0.15) is 86.0 Å². The normalized spacial score (nSPS) is 27.2. The summed E-state index contributed by atoms with van der Waals surface area (Å²) in [5.41, 5.74) is 4.22. The molecule has 1 saturated carbocycles. The number of nitrogens with one attached hydrogen (secondary N) is 1. The van der Waals surface area contributed by atoms with E-state index in [9.17, 15) is 9.90 Å². The number of amides is 1. The first-order valence-corrected chi connectivity index (χ1v) is 11.7. The molecule has 1 fully saturated rings. The van der Waals surface area contributed by atoms with Gasteiger partial charge in [0.2, 0.25) is 0 Å². The highest BCUT2D eigenvalue weighted by Gasteiger charge is 2.48. The number of fused-ring (bicyclic) bond motifs is 3. The van der Waals surface area contributed by atoms with Crippen LogP contribution in [0.25, 0.3) is 6.08 Å². The van der Waals surface area contributed by atoms with Crippen LogP contribution < -0.4 is 5.32 Å². The summed E-state index contributed by atoms with van der Waals surface area (Å²) < 4.78 is 0. The summed E-state index contributed by atoms with van der Waals surface area (Å²) in [5.74, 6) is 0.317. The minimum absolute atomic E-state index is 0.0632. The third kappa shape index (κ3) is 4.06. The first-order valence-electron chi connectivity index (χ1n) is 11.7. The molecular weight excluding hydrogens is 384 g/mol. The number of hydrogen-bond donors (Lipinski definition) is 2. The Morgan fingerprint density at radius 2 is 2.10 bits per heavy atom.